The summed E-state index contributed by atoms with van der Waals surface area (Å²) in [6.07, 6.45) is 0. The van der Waals surface area contributed by atoms with Gasteiger partial charge in [0.25, 0.3) is 0 Å². The fraction of sp³-hybridized carbons (Fsp3) is 0. The Bertz CT molecular complexity index is 3260. The number of thiophene rings is 1. The highest BCUT2D eigenvalue weighted by molar-refractivity contribution is 7.25. The molecule has 1 nitrogen and oxygen atoms in total. The molecule has 0 aliphatic rings. The number of anilines is 3. The molecule has 1 aromatic heterocycles. The van der Waals surface area contributed by atoms with Crippen LogP contribution in [-0.2, 0) is 0 Å². The third-order valence-electron chi connectivity index (χ3n) is 11.5. The molecule has 0 spiro atoms. The van der Waals surface area contributed by atoms with Gasteiger partial charge in [-0.3, -0.25) is 0 Å². The van der Waals surface area contributed by atoms with Gasteiger partial charge in [-0.15, -0.1) is 11.3 Å². The molecule has 0 radical (unpaired) electrons. The first kappa shape index (κ1) is 34.0. The Hall–Kier alpha value is -7.26. The van der Waals surface area contributed by atoms with Crippen LogP contribution < -0.4 is 4.90 Å². The van der Waals surface area contributed by atoms with Gasteiger partial charge in [0.2, 0.25) is 0 Å². The maximum Gasteiger partial charge on any atom is 0.0462 e. The molecule has 0 saturated carbocycles. The van der Waals surface area contributed by atoms with Gasteiger partial charge in [-0.1, -0.05) is 164 Å². The first-order valence-electron chi connectivity index (χ1n) is 19.8. The van der Waals surface area contributed by atoms with Gasteiger partial charge in [0.1, 0.15) is 0 Å². The van der Waals surface area contributed by atoms with E-state index in [-0.39, 0.29) is 0 Å². The SMILES string of the molecule is c1cc(-c2ccc(N(c3ccc(-c4ccc5ccccc5c4)cc3)c3ccc(-c4cccc5sc6ccccc6c45)cc3)cc2)cc(-c2cccc3ccccc23)c1. The summed E-state index contributed by atoms with van der Waals surface area (Å²) in [5.74, 6) is 0. The smallest absolute Gasteiger partial charge is 0.0462 e. The third kappa shape index (κ3) is 6.12. The highest BCUT2D eigenvalue weighted by Gasteiger charge is 2.16. The lowest BCUT2D eigenvalue weighted by atomic mass is 9.95. The fourth-order valence-corrected chi connectivity index (χ4v) is 9.70. The summed E-state index contributed by atoms with van der Waals surface area (Å²) in [7, 11) is 0. The van der Waals surface area contributed by atoms with Gasteiger partial charge in [0, 0.05) is 37.2 Å². The number of rotatable bonds is 7. The Balaban J connectivity index is 0.973. The van der Waals surface area contributed by atoms with Gasteiger partial charge in [0.05, 0.1) is 0 Å². The van der Waals surface area contributed by atoms with Crippen molar-refractivity contribution in [3.8, 4) is 44.5 Å². The average molecular weight is 756 g/mol. The molecule has 0 N–H and O–H groups in total. The minimum Gasteiger partial charge on any atom is -0.311 e. The number of fused-ring (bicyclic) bond motifs is 5. The van der Waals surface area contributed by atoms with Gasteiger partial charge < -0.3 is 4.90 Å². The largest absolute Gasteiger partial charge is 0.311 e. The van der Waals surface area contributed by atoms with E-state index in [2.05, 4.69) is 229 Å². The second kappa shape index (κ2) is 14.4. The van der Waals surface area contributed by atoms with Crippen LogP contribution in [0.5, 0.6) is 0 Å². The molecule has 11 rings (SSSR count). The van der Waals surface area contributed by atoms with E-state index in [0.29, 0.717) is 0 Å². The number of nitrogens with zero attached hydrogens (tertiary/aromatic N) is 1. The lowest BCUT2D eigenvalue weighted by Gasteiger charge is -2.26. The highest BCUT2D eigenvalue weighted by atomic mass is 32.1. The normalized spacial score (nSPS) is 11.4. The van der Waals surface area contributed by atoms with E-state index in [4.69, 9.17) is 0 Å². The first-order valence-corrected chi connectivity index (χ1v) is 20.6. The molecular formula is C56H37NS. The molecule has 0 aliphatic heterocycles. The maximum absolute atomic E-state index is 2.37. The van der Waals surface area contributed by atoms with Crippen LogP contribution in [0.3, 0.4) is 0 Å². The maximum atomic E-state index is 2.37. The van der Waals surface area contributed by atoms with Crippen LogP contribution >= 0.6 is 11.3 Å². The monoisotopic (exact) mass is 755 g/mol. The molecule has 0 fully saturated rings. The summed E-state index contributed by atoms with van der Waals surface area (Å²) < 4.78 is 2.64. The van der Waals surface area contributed by atoms with Crippen molar-refractivity contribution in [1.29, 1.82) is 0 Å². The molecular weight excluding hydrogens is 719 g/mol. The van der Waals surface area contributed by atoms with Crippen molar-refractivity contribution in [2.45, 2.75) is 0 Å². The van der Waals surface area contributed by atoms with E-state index in [1.165, 1.54) is 86.2 Å². The standard InChI is InChI=1S/C56H37NS/c1-2-12-43-36-45(23-22-38(43)10-1)40-26-32-48(33-27-40)57(49-34-28-42(29-35-49)52-19-9-21-55-56(52)53-17-5-6-20-54(53)58-55)47-30-24-39(25-31-47)44-14-7-15-46(37-44)51-18-8-13-41-11-3-4-16-50(41)51/h1-37H. The van der Waals surface area contributed by atoms with Gasteiger partial charge in [-0.25, -0.2) is 0 Å². The molecule has 0 amide bonds. The van der Waals surface area contributed by atoms with Crippen molar-refractivity contribution in [2.75, 3.05) is 4.90 Å². The molecule has 0 atom stereocenters. The Kier molecular flexibility index (Phi) is 8.42. The number of hydrogen-bond acceptors (Lipinski definition) is 2. The lowest BCUT2D eigenvalue weighted by molar-refractivity contribution is 1.28. The molecule has 272 valence electrons. The average Bonchev–Trinajstić information content (AvgIpc) is 3.69. The molecule has 0 aliphatic carbocycles. The fourth-order valence-electron chi connectivity index (χ4n) is 8.57. The quantitative estimate of drug-likeness (QED) is 0.157. The van der Waals surface area contributed by atoms with Crippen LogP contribution in [0.1, 0.15) is 0 Å². The second-order valence-electron chi connectivity index (χ2n) is 14.9. The van der Waals surface area contributed by atoms with Crippen LogP contribution in [0, 0.1) is 0 Å². The molecule has 0 unspecified atom stereocenters. The minimum atomic E-state index is 1.10. The molecule has 11 aromatic rings. The lowest BCUT2D eigenvalue weighted by Crippen LogP contribution is -2.09. The van der Waals surface area contributed by atoms with E-state index < -0.39 is 0 Å². The molecule has 2 heteroatoms. The van der Waals surface area contributed by atoms with E-state index in [1.54, 1.807) is 0 Å². The summed E-state index contributed by atoms with van der Waals surface area (Å²) in [6.45, 7) is 0. The van der Waals surface area contributed by atoms with Crippen LogP contribution in [0.15, 0.2) is 224 Å². The van der Waals surface area contributed by atoms with Crippen molar-refractivity contribution >= 4 is 70.1 Å². The summed E-state index contributed by atoms with van der Waals surface area (Å²) >= 11 is 1.86. The van der Waals surface area contributed by atoms with Crippen LogP contribution in [-0.4, -0.2) is 0 Å². The van der Waals surface area contributed by atoms with Crippen molar-refractivity contribution in [3.63, 3.8) is 0 Å². The molecule has 58 heavy (non-hydrogen) atoms. The summed E-state index contributed by atoms with van der Waals surface area (Å²) in [5.41, 5.74) is 13.1. The second-order valence-corrected chi connectivity index (χ2v) is 16.0. The van der Waals surface area contributed by atoms with E-state index in [0.717, 1.165) is 17.1 Å². The Morgan fingerprint density at radius 1 is 0.276 bits per heavy atom. The minimum absolute atomic E-state index is 1.10. The predicted molar refractivity (Wildman–Crippen MR) is 251 cm³/mol. The highest BCUT2D eigenvalue weighted by Crippen LogP contribution is 2.42. The molecule has 0 bridgehead atoms. The van der Waals surface area contributed by atoms with Gasteiger partial charge in [-0.2, -0.15) is 0 Å². The van der Waals surface area contributed by atoms with Crippen molar-refractivity contribution < 1.29 is 0 Å². The third-order valence-corrected chi connectivity index (χ3v) is 12.6. The zero-order valence-electron chi connectivity index (χ0n) is 31.7. The van der Waals surface area contributed by atoms with Gasteiger partial charge in [-0.05, 0) is 127 Å². The van der Waals surface area contributed by atoms with Crippen LogP contribution in [0.2, 0.25) is 0 Å². The molecule has 0 saturated heterocycles. The van der Waals surface area contributed by atoms with Gasteiger partial charge >= 0.3 is 0 Å². The van der Waals surface area contributed by atoms with Crippen LogP contribution in [0.25, 0.3) is 86.2 Å². The van der Waals surface area contributed by atoms with Crippen LogP contribution in [0.4, 0.5) is 17.1 Å². The van der Waals surface area contributed by atoms with E-state index in [1.807, 2.05) is 11.3 Å². The van der Waals surface area contributed by atoms with E-state index >= 15 is 0 Å². The molecule has 10 aromatic carbocycles. The topological polar surface area (TPSA) is 3.24 Å². The number of benzene rings is 10. The molecule has 1 heterocycles. The Morgan fingerprint density at radius 2 is 0.776 bits per heavy atom. The van der Waals surface area contributed by atoms with Gasteiger partial charge in [0.15, 0.2) is 0 Å². The Morgan fingerprint density at radius 3 is 1.52 bits per heavy atom. The zero-order valence-corrected chi connectivity index (χ0v) is 32.5. The van der Waals surface area contributed by atoms with Crippen molar-refractivity contribution in [1.82, 2.24) is 0 Å². The van der Waals surface area contributed by atoms with E-state index in [9.17, 15) is 0 Å². The number of hydrogen-bond donors (Lipinski definition) is 0. The first-order chi connectivity index (χ1) is 28.7. The predicted octanol–water partition coefficient (Wildman–Crippen LogP) is 16.5. The zero-order chi connectivity index (χ0) is 38.4. The summed E-state index contributed by atoms with van der Waals surface area (Å²) in [4.78, 5) is 2.37. The Labute approximate surface area is 342 Å². The summed E-state index contributed by atoms with van der Waals surface area (Å²) in [6, 6.07) is 81.9. The van der Waals surface area contributed by atoms with Crippen molar-refractivity contribution in [2.24, 2.45) is 0 Å². The summed E-state index contributed by atoms with van der Waals surface area (Å²) in [5, 5.41) is 7.68. The van der Waals surface area contributed by atoms with Crippen molar-refractivity contribution in [3.05, 3.63) is 224 Å².